The Balaban J connectivity index is 2.11. The maximum absolute atomic E-state index is 13.5. The molecular weight excluding hydrogens is 210 g/mol. The van der Waals surface area contributed by atoms with Crippen LogP contribution in [-0.2, 0) is 0 Å². The minimum absolute atomic E-state index is 0.234. The van der Waals surface area contributed by atoms with Gasteiger partial charge in [-0.05, 0) is 44.5 Å². The van der Waals surface area contributed by atoms with E-state index < -0.39 is 0 Å². The van der Waals surface area contributed by atoms with E-state index in [0.717, 1.165) is 25.9 Å². The fraction of sp³-hybridized carbons (Fsp3) is 0.500. The van der Waals surface area contributed by atoms with E-state index in [1.807, 2.05) is 0 Å². The van der Waals surface area contributed by atoms with Crippen molar-refractivity contribution in [3.63, 3.8) is 0 Å². The molecule has 2 rings (SSSR count). The van der Waals surface area contributed by atoms with E-state index >= 15 is 0 Å². The van der Waals surface area contributed by atoms with Crippen LogP contribution in [0.2, 0.25) is 0 Å². The van der Waals surface area contributed by atoms with Crippen molar-refractivity contribution in [1.29, 1.82) is 0 Å². The van der Waals surface area contributed by atoms with Gasteiger partial charge >= 0.3 is 0 Å². The Morgan fingerprint density at radius 3 is 2.56 bits per heavy atom. The van der Waals surface area contributed by atoms with Gasteiger partial charge in [0.05, 0.1) is 5.69 Å². The summed E-state index contributed by atoms with van der Waals surface area (Å²) in [6.45, 7) is 3.41. The molecule has 0 unspecified atom stereocenters. The van der Waals surface area contributed by atoms with Crippen molar-refractivity contribution >= 4 is 5.69 Å². The van der Waals surface area contributed by atoms with E-state index in [1.54, 1.807) is 6.92 Å². The molecule has 4 heteroatoms. The summed E-state index contributed by atoms with van der Waals surface area (Å²) >= 11 is 0. The lowest BCUT2D eigenvalue weighted by atomic mass is 10.1. The lowest BCUT2D eigenvalue weighted by Crippen LogP contribution is -2.35. The fourth-order valence-electron chi connectivity index (χ4n) is 1.94. The molecule has 2 nitrogen and oxygen atoms in total. The predicted molar refractivity (Wildman–Crippen MR) is 60.6 cm³/mol. The molecule has 1 aliphatic heterocycles. The van der Waals surface area contributed by atoms with Gasteiger partial charge < -0.3 is 10.6 Å². The molecule has 1 fully saturated rings. The number of halogens is 2. The Kier molecular flexibility index (Phi) is 3.39. The molecule has 0 atom stereocenters. The molecule has 2 N–H and O–H groups in total. The van der Waals surface area contributed by atoms with Crippen LogP contribution in [0, 0.1) is 18.6 Å². The number of anilines is 1. The van der Waals surface area contributed by atoms with E-state index in [9.17, 15) is 8.78 Å². The number of nitrogens with one attached hydrogen (secondary N) is 2. The molecule has 0 spiro atoms. The van der Waals surface area contributed by atoms with Crippen LogP contribution in [-0.4, -0.2) is 19.1 Å². The monoisotopic (exact) mass is 226 g/mol. The van der Waals surface area contributed by atoms with Gasteiger partial charge in [0.25, 0.3) is 0 Å². The first-order valence-corrected chi connectivity index (χ1v) is 5.59. The summed E-state index contributed by atoms with van der Waals surface area (Å²) < 4.78 is 26.8. The normalized spacial score (nSPS) is 17.4. The number of hydrogen-bond donors (Lipinski definition) is 2. The van der Waals surface area contributed by atoms with Gasteiger partial charge in [-0.3, -0.25) is 0 Å². The van der Waals surface area contributed by atoms with E-state index in [4.69, 9.17) is 0 Å². The highest BCUT2D eigenvalue weighted by atomic mass is 19.1. The zero-order valence-corrected chi connectivity index (χ0v) is 9.32. The van der Waals surface area contributed by atoms with Gasteiger partial charge in [0.15, 0.2) is 0 Å². The first-order chi connectivity index (χ1) is 7.66. The number of hydrogen-bond acceptors (Lipinski definition) is 2. The molecule has 1 saturated heterocycles. The summed E-state index contributed by atoms with van der Waals surface area (Å²) in [4.78, 5) is 0. The fourth-order valence-corrected chi connectivity index (χ4v) is 1.94. The molecule has 1 aromatic carbocycles. The molecule has 1 aliphatic rings. The maximum Gasteiger partial charge on any atom is 0.146 e. The Labute approximate surface area is 94.0 Å². The molecule has 0 saturated carbocycles. The van der Waals surface area contributed by atoms with E-state index in [-0.39, 0.29) is 23.4 Å². The number of rotatable bonds is 2. The molecule has 0 aromatic heterocycles. The van der Waals surface area contributed by atoms with Crippen molar-refractivity contribution in [2.75, 3.05) is 18.4 Å². The maximum atomic E-state index is 13.5. The molecule has 88 valence electrons. The Morgan fingerprint density at radius 2 is 1.88 bits per heavy atom. The van der Waals surface area contributed by atoms with Crippen LogP contribution in [0.5, 0.6) is 0 Å². The minimum atomic E-state index is -0.377. The van der Waals surface area contributed by atoms with Crippen LogP contribution in [0.4, 0.5) is 14.5 Å². The molecule has 1 heterocycles. The van der Waals surface area contributed by atoms with E-state index in [0.29, 0.717) is 5.56 Å². The van der Waals surface area contributed by atoms with Crippen LogP contribution >= 0.6 is 0 Å². The molecular formula is C12H16F2N2. The van der Waals surface area contributed by atoms with Gasteiger partial charge in [0, 0.05) is 12.1 Å². The van der Waals surface area contributed by atoms with Gasteiger partial charge in [-0.15, -0.1) is 0 Å². The van der Waals surface area contributed by atoms with Gasteiger partial charge in [0.2, 0.25) is 0 Å². The molecule has 0 amide bonds. The Morgan fingerprint density at radius 1 is 1.19 bits per heavy atom. The first kappa shape index (κ1) is 11.3. The summed E-state index contributed by atoms with van der Waals surface area (Å²) in [5, 5.41) is 6.29. The van der Waals surface area contributed by atoms with Gasteiger partial charge in [-0.2, -0.15) is 0 Å². The summed E-state index contributed by atoms with van der Waals surface area (Å²) in [7, 11) is 0. The lowest BCUT2D eigenvalue weighted by Gasteiger charge is -2.25. The second kappa shape index (κ2) is 4.78. The zero-order chi connectivity index (χ0) is 11.5. The molecule has 0 aliphatic carbocycles. The van der Waals surface area contributed by atoms with Gasteiger partial charge in [-0.1, -0.05) is 0 Å². The van der Waals surface area contributed by atoms with Gasteiger partial charge in [0.1, 0.15) is 11.6 Å². The predicted octanol–water partition coefficient (Wildman–Crippen LogP) is 2.44. The van der Waals surface area contributed by atoms with E-state index in [2.05, 4.69) is 10.6 Å². The standard InChI is InChI=1S/C12H16F2N2/c1-8-6-11(14)12(7-10(8)13)16-9-2-4-15-5-3-9/h6-7,9,15-16H,2-5H2,1H3. The molecule has 0 bridgehead atoms. The highest BCUT2D eigenvalue weighted by Gasteiger charge is 2.15. The first-order valence-electron chi connectivity index (χ1n) is 5.59. The van der Waals surface area contributed by atoms with Gasteiger partial charge in [-0.25, -0.2) is 8.78 Å². The van der Waals surface area contributed by atoms with Crippen molar-refractivity contribution in [3.8, 4) is 0 Å². The average molecular weight is 226 g/mol. The SMILES string of the molecule is Cc1cc(F)c(NC2CCNCC2)cc1F. The Bertz CT molecular complexity index is 374. The average Bonchev–Trinajstić information content (AvgIpc) is 2.27. The molecule has 1 aromatic rings. The summed E-state index contributed by atoms with van der Waals surface area (Å²) in [5.41, 5.74) is 0.614. The number of aryl methyl sites for hydroxylation is 1. The van der Waals surface area contributed by atoms with Crippen LogP contribution in [0.25, 0.3) is 0 Å². The highest BCUT2D eigenvalue weighted by molar-refractivity contribution is 5.47. The second-order valence-corrected chi connectivity index (χ2v) is 4.25. The van der Waals surface area contributed by atoms with Crippen LogP contribution in [0.15, 0.2) is 12.1 Å². The summed E-state index contributed by atoms with van der Waals surface area (Å²) in [6.07, 6.45) is 1.88. The van der Waals surface area contributed by atoms with Crippen molar-refractivity contribution < 1.29 is 8.78 Å². The van der Waals surface area contributed by atoms with Crippen molar-refractivity contribution in [2.24, 2.45) is 0 Å². The second-order valence-electron chi connectivity index (χ2n) is 4.25. The number of benzene rings is 1. The van der Waals surface area contributed by atoms with Crippen molar-refractivity contribution in [2.45, 2.75) is 25.8 Å². The summed E-state index contributed by atoms with van der Waals surface area (Å²) in [6, 6.07) is 2.71. The minimum Gasteiger partial charge on any atom is -0.380 e. The third kappa shape index (κ3) is 2.50. The number of piperidine rings is 1. The smallest absolute Gasteiger partial charge is 0.146 e. The van der Waals surface area contributed by atoms with Crippen LogP contribution < -0.4 is 10.6 Å². The third-order valence-corrected chi connectivity index (χ3v) is 2.95. The summed E-state index contributed by atoms with van der Waals surface area (Å²) in [5.74, 6) is -0.740. The highest BCUT2D eigenvalue weighted by Crippen LogP contribution is 2.21. The quantitative estimate of drug-likeness (QED) is 0.809. The lowest BCUT2D eigenvalue weighted by molar-refractivity contribution is 0.476. The third-order valence-electron chi connectivity index (χ3n) is 2.95. The van der Waals surface area contributed by atoms with Crippen molar-refractivity contribution in [1.82, 2.24) is 5.32 Å². The Hall–Kier alpha value is -1.16. The van der Waals surface area contributed by atoms with Crippen LogP contribution in [0.3, 0.4) is 0 Å². The molecule has 16 heavy (non-hydrogen) atoms. The van der Waals surface area contributed by atoms with Crippen molar-refractivity contribution in [3.05, 3.63) is 29.3 Å². The topological polar surface area (TPSA) is 24.1 Å². The zero-order valence-electron chi connectivity index (χ0n) is 9.32. The van der Waals surface area contributed by atoms with E-state index in [1.165, 1.54) is 12.1 Å². The largest absolute Gasteiger partial charge is 0.380 e. The molecule has 0 radical (unpaired) electrons. The van der Waals surface area contributed by atoms with Crippen LogP contribution in [0.1, 0.15) is 18.4 Å².